The number of nitrogens with zero attached hydrogens (tertiary/aromatic N) is 2. The van der Waals surface area contributed by atoms with Gasteiger partial charge in [-0.05, 0) is 25.0 Å². The molecule has 0 spiro atoms. The first-order valence-corrected chi connectivity index (χ1v) is 6.50. The number of para-hydroxylation sites is 1. The van der Waals surface area contributed by atoms with Crippen molar-refractivity contribution >= 4 is 16.6 Å². The van der Waals surface area contributed by atoms with Crippen molar-refractivity contribution in [2.75, 3.05) is 25.1 Å². The van der Waals surface area contributed by atoms with Gasteiger partial charge >= 0.3 is 0 Å². The fourth-order valence-corrected chi connectivity index (χ4v) is 2.71. The Morgan fingerprint density at radius 2 is 2.17 bits per heavy atom. The van der Waals surface area contributed by atoms with Crippen molar-refractivity contribution in [3.05, 3.63) is 36.5 Å². The summed E-state index contributed by atoms with van der Waals surface area (Å²) in [6, 6.07) is 10.4. The van der Waals surface area contributed by atoms with Gasteiger partial charge in [0, 0.05) is 37.5 Å². The van der Waals surface area contributed by atoms with Gasteiger partial charge in [-0.25, -0.2) is 0 Å². The number of fused-ring (bicyclic) bond motifs is 1. The Labute approximate surface area is 107 Å². The maximum absolute atomic E-state index is 5.50. The third kappa shape index (κ3) is 2.06. The van der Waals surface area contributed by atoms with Crippen LogP contribution in [0, 0.1) is 0 Å². The molecule has 0 N–H and O–H groups in total. The lowest BCUT2D eigenvalue weighted by Gasteiger charge is -2.34. The van der Waals surface area contributed by atoms with E-state index in [4.69, 9.17) is 4.74 Å². The number of pyridine rings is 1. The van der Waals surface area contributed by atoms with Crippen molar-refractivity contribution in [3.63, 3.8) is 0 Å². The summed E-state index contributed by atoms with van der Waals surface area (Å²) in [4.78, 5) is 6.84. The van der Waals surface area contributed by atoms with Crippen LogP contribution in [-0.4, -0.2) is 31.3 Å². The molecule has 0 amide bonds. The highest BCUT2D eigenvalue weighted by Crippen LogP contribution is 2.28. The maximum Gasteiger partial charge on any atom is 0.0746 e. The lowest BCUT2D eigenvalue weighted by Crippen LogP contribution is -2.39. The molecule has 1 aliphatic rings. The highest BCUT2D eigenvalue weighted by molar-refractivity contribution is 5.91. The molecule has 0 bridgehead atoms. The molecular formula is C15H18N2O. The number of methoxy groups -OCH3 is 1. The van der Waals surface area contributed by atoms with Crippen LogP contribution in [0.2, 0.25) is 0 Å². The van der Waals surface area contributed by atoms with Crippen molar-refractivity contribution in [3.8, 4) is 0 Å². The third-order valence-electron chi connectivity index (χ3n) is 3.68. The Morgan fingerprint density at radius 3 is 3.06 bits per heavy atom. The Hall–Kier alpha value is -1.61. The lowest BCUT2D eigenvalue weighted by molar-refractivity contribution is 0.0894. The number of ether oxygens (including phenoxy) is 1. The molecule has 1 saturated heterocycles. The van der Waals surface area contributed by atoms with E-state index in [-0.39, 0.29) is 0 Å². The smallest absolute Gasteiger partial charge is 0.0746 e. The van der Waals surface area contributed by atoms with E-state index in [0.29, 0.717) is 6.10 Å². The zero-order valence-corrected chi connectivity index (χ0v) is 10.7. The van der Waals surface area contributed by atoms with Gasteiger partial charge in [-0.15, -0.1) is 0 Å². The van der Waals surface area contributed by atoms with Crippen molar-refractivity contribution < 1.29 is 4.74 Å². The highest BCUT2D eigenvalue weighted by atomic mass is 16.5. The van der Waals surface area contributed by atoms with Crippen LogP contribution < -0.4 is 4.90 Å². The van der Waals surface area contributed by atoms with Crippen LogP contribution in [0.4, 0.5) is 5.69 Å². The third-order valence-corrected chi connectivity index (χ3v) is 3.68. The van der Waals surface area contributed by atoms with Gasteiger partial charge in [-0.2, -0.15) is 0 Å². The molecule has 1 atom stereocenters. The van der Waals surface area contributed by atoms with Crippen LogP contribution in [0.3, 0.4) is 0 Å². The van der Waals surface area contributed by atoms with Gasteiger partial charge in [0.25, 0.3) is 0 Å². The summed E-state index contributed by atoms with van der Waals surface area (Å²) in [5.74, 6) is 0. The molecule has 3 rings (SSSR count). The molecule has 1 aromatic carbocycles. The number of benzene rings is 1. The number of piperidine rings is 1. The van der Waals surface area contributed by atoms with Gasteiger partial charge in [0.15, 0.2) is 0 Å². The highest BCUT2D eigenvalue weighted by Gasteiger charge is 2.20. The molecule has 3 heteroatoms. The molecule has 94 valence electrons. The second kappa shape index (κ2) is 4.94. The topological polar surface area (TPSA) is 25.4 Å². The summed E-state index contributed by atoms with van der Waals surface area (Å²) in [6.07, 6.45) is 4.60. The van der Waals surface area contributed by atoms with Crippen LogP contribution in [0.5, 0.6) is 0 Å². The first-order chi connectivity index (χ1) is 8.88. The average Bonchev–Trinajstić information content (AvgIpc) is 2.47. The van der Waals surface area contributed by atoms with E-state index in [1.807, 2.05) is 12.3 Å². The SMILES string of the molecule is CO[C@H]1CCCN(c2ccnc3ccccc23)C1. The molecule has 2 aromatic rings. The largest absolute Gasteiger partial charge is 0.380 e. The van der Waals surface area contributed by atoms with Crippen molar-refractivity contribution in [2.24, 2.45) is 0 Å². The molecule has 18 heavy (non-hydrogen) atoms. The Bertz CT molecular complexity index is 536. The van der Waals surface area contributed by atoms with Crippen LogP contribution in [-0.2, 0) is 4.74 Å². The standard InChI is InChI=1S/C15H18N2O/c1-18-12-5-4-10-17(11-12)15-8-9-16-14-7-3-2-6-13(14)15/h2-3,6-9,12H,4-5,10-11H2,1H3/t12-/m0/s1. The van der Waals surface area contributed by atoms with Gasteiger partial charge < -0.3 is 9.64 Å². The van der Waals surface area contributed by atoms with Gasteiger partial charge in [0.05, 0.1) is 11.6 Å². The monoisotopic (exact) mass is 242 g/mol. The van der Waals surface area contributed by atoms with Gasteiger partial charge in [-0.3, -0.25) is 4.98 Å². The van der Waals surface area contributed by atoms with Crippen molar-refractivity contribution in [2.45, 2.75) is 18.9 Å². The molecule has 0 aliphatic carbocycles. The summed E-state index contributed by atoms with van der Waals surface area (Å²) < 4.78 is 5.50. The van der Waals surface area contributed by atoms with E-state index in [2.05, 4.69) is 34.1 Å². The molecule has 1 aliphatic heterocycles. The summed E-state index contributed by atoms with van der Waals surface area (Å²) in [7, 11) is 1.80. The Morgan fingerprint density at radius 1 is 1.28 bits per heavy atom. The molecule has 3 nitrogen and oxygen atoms in total. The average molecular weight is 242 g/mol. The molecule has 0 radical (unpaired) electrons. The number of aromatic nitrogens is 1. The van der Waals surface area contributed by atoms with Gasteiger partial charge in [-0.1, -0.05) is 18.2 Å². The molecule has 1 fully saturated rings. The van der Waals surface area contributed by atoms with Gasteiger partial charge in [0.2, 0.25) is 0 Å². The minimum atomic E-state index is 0.352. The fourth-order valence-electron chi connectivity index (χ4n) is 2.71. The summed E-state index contributed by atoms with van der Waals surface area (Å²) in [5.41, 5.74) is 2.34. The lowest BCUT2D eigenvalue weighted by atomic mass is 10.1. The second-order valence-corrected chi connectivity index (χ2v) is 4.79. The number of rotatable bonds is 2. The minimum absolute atomic E-state index is 0.352. The number of hydrogen-bond donors (Lipinski definition) is 0. The van der Waals surface area contributed by atoms with E-state index < -0.39 is 0 Å². The maximum atomic E-state index is 5.50. The quantitative estimate of drug-likeness (QED) is 0.809. The van der Waals surface area contributed by atoms with E-state index >= 15 is 0 Å². The van der Waals surface area contributed by atoms with E-state index in [9.17, 15) is 0 Å². The van der Waals surface area contributed by atoms with Crippen LogP contribution >= 0.6 is 0 Å². The number of anilines is 1. The summed E-state index contributed by atoms with van der Waals surface area (Å²) in [6.45, 7) is 2.08. The van der Waals surface area contributed by atoms with Gasteiger partial charge in [0.1, 0.15) is 0 Å². The fraction of sp³-hybridized carbons (Fsp3) is 0.400. The minimum Gasteiger partial charge on any atom is -0.380 e. The van der Waals surface area contributed by atoms with Crippen LogP contribution in [0.15, 0.2) is 36.5 Å². The Balaban J connectivity index is 1.98. The molecule has 0 saturated carbocycles. The molecule has 1 aromatic heterocycles. The molecule has 0 unspecified atom stereocenters. The van der Waals surface area contributed by atoms with Crippen molar-refractivity contribution in [1.82, 2.24) is 4.98 Å². The molecular weight excluding hydrogens is 224 g/mol. The first-order valence-electron chi connectivity index (χ1n) is 6.50. The number of hydrogen-bond acceptors (Lipinski definition) is 3. The van der Waals surface area contributed by atoms with Crippen molar-refractivity contribution in [1.29, 1.82) is 0 Å². The normalized spacial score (nSPS) is 20.3. The van der Waals surface area contributed by atoms with Crippen LogP contribution in [0.1, 0.15) is 12.8 Å². The predicted octanol–water partition coefficient (Wildman–Crippen LogP) is 2.85. The summed E-state index contributed by atoms with van der Waals surface area (Å²) in [5, 5.41) is 1.23. The second-order valence-electron chi connectivity index (χ2n) is 4.79. The van der Waals surface area contributed by atoms with E-state index in [0.717, 1.165) is 25.0 Å². The zero-order valence-electron chi connectivity index (χ0n) is 10.7. The van der Waals surface area contributed by atoms with E-state index in [1.165, 1.54) is 17.5 Å². The first kappa shape index (κ1) is 11.5. The predicted molar refractivity (Wildman–Crippen MR) is 74.0 cm³/mol. The molecule has 2 heterocycles. The van der Waals surface area contributed by atoms with E-state index in [1.54, 1.807) is 7.11 Å². The zero-order chi connectivity index (χ0) is 12.4. The summed E-state index contributed by atoms with van der Waals surface area (Å²) >= 11 is 0. The Kier molecular flexibility index (Phi) is 3.15. The van der Waals surface area contributed by atoms with Crippen LogP contribution in [0.25, 0.3) is 10.9 Å².